The number of carbonyl (C=O) groups excluding carboxylic acids is 1. The number of benzene rings is 1. The first kappa shape index (κ1) is 21.6. The van der Waals surface area contributed by atoms with E-state index in [0.29, 0.717) is 19.0 Å². The Morgan fingerprint density at radius 3 is 2.72 bits per heavy atom. The van der Waals surface area contributed by atoms with Crippen molar-refractivity contribution < 1.29 is 9.53 Å². The van der Waals surface area contributed by atoms with E-state index in [-0.39, 0.29) is 18.0 Å². The van der Waals surface area contributed by atoms with Crippen LogP contribution in [-0.4, -0.2) is 27.5 Å². The zero-order valence-electron chi connectivity index (χ0n) is 17.4. The van der Waals surface area contributed by atoms with E-state index < -0.39 is 0 Å². The summed E-state index contributed by atoms with van der Waals surface area (Å²) in [4.78, 5) is 23.3. The van der Waals surface area contributed by atoms with Crippen molar-refractivity contribution in [2.24, 2.45) is 0 Å². The van der Waals surface area contributed by atoms with E-state index in [0.717, 1.165) is 36.2 Å². The molecule has 0 saturated carbocycles. The monoisotopic (exact) mass is 415 g/mol. The topological polar surface area (TPSA) is 55.3 Å². The van der Waals surface area contributed by atoms with Crippen molar-refractivity contribution in [3.63, 3.8) is 0 Å². The second-order valence-electron chi connectivity index (χ2n) is 7.62. The van der Waals surface area contributed by atoms with Gasteiger partial charge < -0.3 is 9.64 Å². The van der Waals surface area contributed by atoms with E-state index >= 15 is 0 Å². The number of fused-ring (bicyclic) bond motifs is 1. The molecule has 1 aliphatic heterocycles. The number of halogens is 1. The predicted octanol–water partition coefficient (Wildman–Crippen LogP) is 5.90. The van der Waals surface area contributed by atoms with E-state index in [1.165, 1.54) is 24.8 Å². The zero-order valence-corrected chi connectivity index (χ0v) is 18.1. The van der Waals surface area contributed by atoms with Gasteiger partial charge in [0.15, 0.2) is 0 Å². The quantitative estimate of drug-likeness (QED) is 0.398. The van der Waals surface area contributed by atoms with E-state index in [2.05, 4.69) is 23.8 Å². The second kappa shape index (κ2) is 10.6. The van der Waals surface area contributed by atoms with Crippen LogP contribution >= 0.6 is 11.6 Å². The molecule has 29 heavy (non-hydrogen) atoms. The highest BCUT2D eigenvalue weighted by molar-refractivity contribution is 6.28. The fourth-order valence-electron chi connectivity index (χ4n) is 3.91. The van der Waals surface area contributed by atoms with Crippen LogP contribution in [0.2, 0.25) is 5.28 Å². The van der Waals surface area contributed by atoms with Gasteiger partial charge in [-0.25, -0.2) is 14.8 Å². The van der Waals surface area contributed by atoms with E-state index in [9.17, 15) is 4.79 Å². The van der Waals surface area contributed by atoms with Crippen LogP contribution in [0.15, 0.2) is 30.3 Å². The Bertz CT molecular complexity index is 813. The molecule has 1 atom stereocenters. The molecule has 0 spiro atoms. The summed E-state index contributed by atoms with van der Waals surface area (Å²) in [5.41, 5.74) is 4.08. The van der Waals surface area contributed by atoms with Crippen molar-refractivity contribution in [1.82, 2.24) is 14.9 Å². The molecule has 0 radical (unpaired) electrons. The van der Waals surface area contributed by atoms with Gasteiger partial charge >= 0.3 is 6.09 Å². The standard InChI is InChI=1S/C23H30ClN3O2/c1-3-5-7-12-18(4-2)21-19-13-14-27(15-20(19)25-22(24)26-21)23(28)29-16-17-10-8-6-9-11-17/h6,8-11,18H,3-5,7,12-16H2,1-2H3. The van der Waals surface area contributed by atoms with Gasteiger partial charge in [0.1, 0.15) is 6.61 Å². The molecule has 0 N–H and O–H groups in total. The maximum absolute atomic E-state index is 12.5. The summed E-state index contributed by atoms with van der Waals surface area (Å²) in [6.07, 6.45) is 6.22. The number of ether oxygens (including phenoxy) is 1. The smallest absolute Gasteiger partial charge is 0.410 e. The highest BCUT2D eigenvalue weighted by Gasteiger charge is 2.28. The Morgan fingerprint density at radius 2 is 2.00 bits per heavy atom. The van der Waals surface area contributed by atoms with Gasteiger partial charge in [0.05, 0.1) is 17.9 Å². The summed E-state index contributed by atoms with van der Waals surface area (Å²) in [5.74, 6) is 0.396. The SMILES string of the molecule is CCCCCC(CC)c1nc(Cl)nc2c1CCN(C(=O)OCc1ccccc1)C2. The number of aromatic nitrogens is 2. The van der Waals surface area contributed by atoms with Gasteiger partial charge in [-0.3, -0.25) is 0 Å². The lowest BCUT2D eigenvalue weighted by atomic mass is 9.89. The Labute approximate surface area is 178 Å². The number of carbonyl (C=O) groups is 1. The highest BCUT2D eigenvalue weighted by Crippen LogP contribution is 2.32. The van der Waals surface area contributed by atoms with Gasteiger partial charge in [-0.05, 0) is 42.0 Å². The molecule has 1 aromatic heterocycles. The molecule has 1 aromatic carbocycles. The molecule has 6 heteroatoms. The molecule has 2 heterocycles. The third-order valence-electron chi connectivity index (χ3n) is 5.57. The summed E-state index contributed by atoms with van der Waals surface area (Å²) >= 11 is 6.26. The number of unbranched alkanes of at least 4 members (excludes halogenated alkanes) is 2. The van der Waals surface area contributed by atoms with Crippen molar-refractivity contribution >= 4 is 17.7 Å². The third-order valence-corrected chi connectivity index (χ3v) is 5.74. The largest absolute Gasteiger partial charge is 0.445 e. The lowest BCUT2D eigenvalue weighted by Gasteiger charge is -2.30. The zero-order chi connectivity index (χ0) is 20.6. The molecule has 3 rings (SSSR count). The molecule has 0 bridgehead atoms. The minimum atomic E-state index is -0.314. The first-order valence-corrected chi connectivity index (χ1v) is 11.0. The summed E-state index contributed by atoms with van der Waals surface area (Å²) in [7, 11) is 0. The van der Waals surface area contributed by atoms with Crippen molar-refractivity contribution in [2.45, 2.75) is 71.4 Å². The van der Waals surface area contributed by atoms with Crippen molar-refractivity contribution in [1.29, 1.82) is 0 Å². The number of rotatable bonds is 8. The molecule has 0 fully saturated rings. The molecule has 156 valence electrons. The van der Waals surface area contributed by atoms with Gasteiger partial charge in [-0.15, -0.1) is 0 Å². The van der Waals surface area contributed by atoms with Crippen LogP contribution in [0.25, 0.3) is 0 Å². The van der Waals surface area contributed by atoms with Gasteiger partial charge in [0, 0.05) is 12.5 Å². The molecule has 1 unspecified atom stereocenters. The number of nitrogens with zero attached hydrogens (tertiary/aromatic N) is 3. The predicted molar refractivity (Wildman–Crippen MR) is 115 cm³/mol. The molecular weight excluding hydrogens is 386 g/mol. The molecule has 1 aliphatic rings. The van der Waals surface area contributed by atoms with Crippen LogP contribution in [0.1, 0.15) is 74.4 Å². The Morgan fingerprint density at radius 1 is 1.21 bits per heavy atom. The van der Waals surface area contributed by atoms with Crippen LogP contribution in [-0.2, 0) is 24.3 Å². The van der Waals surface area contributed by atoms with Crippen LogP contribution in [0.3, 0.4) is 0 Å². The molecule has 5 nitrogen and oxygen atoms in total. The van der Waals surface area contributed by atoms with Crippen molar-refractivity contribution in [3.8, 4) is 0 Å². The number of hydrogen-bond acceptors (Lipinski definition) is 4. The Balaban J connectivity index is 1.69. The fraction of sp³-hybridized carbons (Fsp3) is 0.522. The molecular formula is C23H30ClN3O2. The lowest BCUT2D eigenvalue weighted by Crippen LogP contribution is -2.37. The number of hydrogen-bond donors (Lipinski definition) is 0. The molecule has 0 aliphatic carbocycles. The van der Waals surface area contributed by atoms with Crippen molar-refractivity contribution in [2.75, 3.05) is 6.54 Å². The summed E-state index contributed by atoms with van der Waals surface area (Å²) < 4.78 is 5.49. The van der Waals surface area contributed by atoms with Crippen molar-refractivity contribution in [3.05, 3.63) is 58.1 Å². The second-order valence-corrected chi connectivity index (χ2v) is 7.95. The molecule has 1 amide bonds. The summed E-state index contributed by atoms with van der Waals surface area (Å²) in [5, 5.41) is 0.271. The average Bonchev–Trinajstić information content (AvgIpc) is 2.75. The maximum Gasteiger partial charge on any atom is 0.410 e. The average molecular weight is 416 g/mol. The van der Waals surface area contributed by atoms with Gasteiger partial charge in [0.25, 0.3) is 0 Å². The maximum atomic E-state index is 12.5. The summed E-state index contributed by atoms with van der Waals surface area (Å²) in [6, 6.07) is 9.71. The molecule has 0 saturated heterocycles. The number of amides is 1. The molecule has 2 aromatic rings. The Hall–Kier alpha value is -2.14. The summed E-state index contributed by atoms with van der Waals surface area (Å²) in [6.45, 7) is 5.73. The van der Waals surface area contributed by atoms with Crippen LogP contribution in [0.5, 0.6) is 0 Å². The van der Waals surface area contributed by atoms with Crippen LogP contribution < -0.4 is 0 Å². The van der Waals surface area contributed by atoms with E-state index in [4.69, 9.17) is 16.3 Å². The normalized spacial score (nSPS) is 14.4. The van der Waals surface area contributed by atoms with Gasteiger partial charge in [-0.2, -0.15) is 0 Å². The highest BCUT2D eigenvalue weighted by atomic mass is 35.5. The van der Waals surface area contributed by atoms with E-state index in [1.54, 1.807) is 4.90 Å². The van der Waals surface area contributed by atoms with Crippen LogP contribution in [0, 0.1) is 0 Å². The van der Waals surface area contributed by atoms with Gasteiger partial charge in [-0.1, -0.05) is 63.4 Å². The first-order chi connectivity index (χ1) is 14.1. The lowest BCUT2D eigenvalue weighted by molar-refractivity contribution is 0.0911. The van der Waals surface area contributed by atoms with Gasteiger partial charge in [0.2, 0.25) is 5.28 Å². The van der Waals surface area contributed by atoms with Crippen LogP contribution in [0.4, 0.5) is 4.79 Å². The minimum Gasteiger partial charge on any atom is -0.445 e. The Kier molecular flexibility index (Phi) is 7.87. The van der Waals surface area contributed by atoms with E-state index in [1.807, 2.05) is 30.3 Å². The fourth-order valence-corrected chi connectivity index (χ4v) is 4.10. The minimum absolute atomic E-state index is 0.271. The first-order valence-electron chi connectivity index (χ1n) is 10.6. The third kappa shape index (κ3) is 5.69.